The van der Waals surface area contributed by atoms with Gasteiger partial charge in [0, 0.05) is 25.4 Å². The lowest BCUT2D eigenvalue weighted by Gasteiger charge is -2.32. The second kappa shape index (κ2) is 21.4. The van der Waals surface area contributed by atoms with Crippen LogP contribution < -0.4 is 16.4 Å². The molecule has 4 atom stereocenters. The van der Waals surface area contributed by atoms with Gasteiger partial charge < -0.3 is 30.9 Å². The number of H-pyrrole nitrogens is 1. The number of aromatic amines is 1. The number of nitrogens with two attached hydrogens (primary N) is 1. The highest BCUT2D eigenvalue weighted by atomic mass is 16.2. The number of hydrogen-bond donors (Lipinski definition) is 5. The molecule has 2 amide bonds. The van der Waals surface area contributed by atoms with Crippen LogP contribution in [0.5, 0.6) is 0 Å². The lowest BCUT2D eigenvalue weighted by atomic mass is 9.92. The number of nitrogens with zero attached hydrogens (tertiary/aromatic N) is 5. The fraction of sp³-hybridized carbons (Fsp3) is 0.786. The molecule has 1 aromatic rings. The van der Waals surface area contributed by atoms with Crippen LogP contribution in [0.1, 0.15) is 77.5 Å². The van der Waals surface area contributed by atoms with Crippen molar-refractivity contribution in [3.05, 3.63) is 5.82 Å². The topological polar surface area (TPSA) is 203 Å². The standard InChI is InChI=1S/C15H26N4O2.C12H21N5O2.CH5N/c1-18-6-3-5-14(18)15(21)17-13(10-20)8-12-4-2-7-19(9-12)11-16;1-3-5-9(6-4-2)12(19)13-10(8-18)7-11-14-16-17-15-11;1-2/h10-14,16H,2-9H2,1H3,(H,17,21);8-10H,3-7H2,1-2H3,(H,13,19)(H,14,15,16,17);2H2,1H3. The minimum absolute atomic E-state index is 0.0215. The number of nitrogens with one attached hydrogen (secondary N) is 4. The smallest absolute Gasteiger partial charge is 0.237 e. The van der Waals surface area contributed by atoms with Crippen LogP contribution in [0.2, 0.25) is 0 Å². The predicted molar refractivity (Wildman–Crippen MR) is 161 cm³/mol. The van der Waals surface area contributed by atoms with E-state index in [1.165, 1.54) is 13.4 Å². The zero-order chi connectivity index (χ0) is 31.3. The molecule has 2 saturated heterocycles. The summed E-state index contributed by atoms with van der Waals surface area (Å²) in [5.41, 5.74) is 4.50. The van der Waals surface area contributed by atoms with Crippen LogP contribution in [0.3, 0.4) is 0 Å². The minimum Gasteiger partial charge on any atom is -0.363 e. The Labute approximate surface area is 249 Å². The van der Waals surface area contributed by atoms with E-state index in [1.54, 1.807) is 0 Å². The molecule has 6 N–H and O–H groups in total. The molecule has 3 heterocycles. The van der Waals surface area contributed by atoms with Gasteiger partial charge in [0.2, 0.25) is 11.8 Å². The maximum absolute atomic E-state index is 12.2. The average molecular weight is 593 g/mol. The van der Waals surface area contributed by atoms with Gasteiger partial charge in [-0.3, -0.25) is 19.9 Å². The molecule has 14 heteroatoms. The molecule has 0 aliphatic carbocycles. The van der Waals surface area contributed by atoms with Crippen LogP contribution in [0.15, 0.2) is 0 Å². The number of amides is 2. The van der Waals surface area contributed by atoms with E-state index in [0.29, 0.717) is 24.4 Å². The van der Waals surface area contributed by atoms with Crippen LogP contribution in [-0.2, 0) is 25.6 Å². The fourth-order valence-electron chi connectivity index (χ4n) is 5.44. The van der Waals surface area contributed by atoms with E-state index in [9.17, 15) is 19.2 Å². The largest absolute Gasteiger partial charge is 0.363 e. The van der Waals surface area contributed by atoms with E-state index < -0.39 is 12.1 Å². The maximum atomic E-state index is 12.2. The zero-order valence-corrected chi connectivity index (χ0v) is 25.8. The van der Waals surface area contributed by atoms with Gasteiger partial charge in [-0.2, -0.15) is 5.21 Å². The van der Waals surface area contributed by atoms with Gasteiger partial charge in [-0.1, -0.05) is 31.9 Å². The number of likely N-dealkylation sites (tertiary alicyclic amines) is 2. The van der Waals surface area contributed by atoms with Gasteiger partial charge in [0.05, 0.1) is 24.5 Å². The first kappa shape index (κ1) is 36.8. The van der Waals surface area contributed by atoms with E-state index >= 15 is 0 Å². The number of aromatic nitrogens is 4. The highest BCUT2D eigenvalue weighted by Crippen LogP contribution is 2.21. The molecular formula is C28H52N10O4. The van der Waals surface area contributed by atoms with E-state index in [-0.39, 0.29) is 30.2 Å². The number of piperidine rings is 1. The predicted octanol–water partition coefficient (Wildman–Crippen LogP) is 0.691. The van der Waals surface area contributed by atoms with Crippen LogP contribution in [-0.4, -0.2) is 113 Å². The number of rotatable bonds is 15. The molecule has 2 fully saturated rings. The molecule has 0 bridgehead atoms. The Bertz CT molecular complexity index is 911. The normalized spacial score (nSPS) is 19.8. The van der Waals surface area contributed by atoms with Gasteiger partial charge in [-0.05, 0) is 71.5 Å². The van der Waals surface area contributed by atoms with Crippen molar-refractivity contribution >= 4 is 30.7 Å². The Morgan fingerprint density at radius 1 is 1.07 bits per heavy atom. The number of carbonyl (C=O) groups excluding carboxylic acids is 4. The fourth-order valence-corrected chi connectivity index (χ4v) is 5.44. The summed E-state index contributed by atoms with van der Waals surface area (Å²) in [6.45, 7) is 6.78. The first-order chi connectivity index (χ1) is 20.3. The average Bonchev–Trinajstić information content (AvgIpc) is 3.69. The summed E-state index contributed by atoms with van der Waals surface area (Å²) in [6, 6.07) is -1.08. The number of hydrogen-bond acceptors (Lipinski definition) is 10. The van der Waals surface area contributed by atoms with Gasteiger partial charge in [-0.15, -0.1) is 10.2 Å². The molecular weight excluding hydrogens is 540 g/mol. The number of tetrazole rings is 1. The zero-order valence-electron chi connectivity index (χ0n) is 25.8. The van der Waals surface area contributed by atoms with Crippen molar-refractivity contribution in [1.82, 2.24) is 41.1 Å². The van der Waals surface area contributed by atoms with Crippen molar-refractivity contribution in [2.45, 2.75) is 96.2 Å². The number of carbonyl (C=O) groups is 4. The highest BCUT2D eigenvalue weighted by molar-refractivity contribution is 5.84. The number of likely N-dealkylation sites (N-methyl/N-ethyl adjacent to an activating group) is 1. The molecule has 4 unspecified atom stereocenters. The van der Waals surface area contributed by atoms with Crippen molar-refractivity contribution in [1.29, 1.82) is 5.41 Å². The van der Waals surface area contributed by atoms with Gasteiger partial charge in [0.25, 0.3) is 0 Å². The summed E-state index contributed by atoms with van der Waals surface area (Å²) in [5.74, 6) is 0.677. The summed E-state index contributed by atoms with van der Waals surface area (Å²) >= 11 is 0. The van der Waals surface area contributed by atoms with Gasteiger partial charge in [-0.25, -0.2) is 0 Å². The Kier molecular flexibility index (Phi) is 18.8. The summed E-state index contributed by atoms with van der Waals surface area (Å²) in [6.07, 6.45) is 11.5. The quantitative estimate of drug-likeness (QED) is 0.109. The SMILES string of the molecule is CCCC(CCC)C(=O)NC(C=O)Cc1nn[nH]n1.CN.CN1CCCC1C(=O)NC(C=O)CC1CCCN(C=N)C1. The summed E-state index contributed by atoms with van der Waals surface area (Å²) in [5, 5.41) is 26.2. The van der Waals surface area contributed by atoms with Crippen molar-refractivity contribution in [2.24, 2.45) is 17.6 Å². The third-order valence-corrected chi connectivity index (χ3v) is 7.56. The minimum atomic E-state index is -0.596. The lowest BCUT2D eigenvalue weighted by molar-refractivity contribution is -0.128. The molecule has 0 spiro atoms. The summed E-state index contributed by atoms with van der Waals surface area (Å²) < 4.78 is 0. The maximum Gasteiger partial charge on any atom is 0.237 e. The second-order valence-electron chi connectivity index (χ2n) is 10.8. The van der Waals surface area contributed by atoms with Crippen molar-refractivity contribution in [2.75, 3.05) is 33.7 Å². The second-order valence-corrected chi connectivity index (χ2v) is 10.8. The molecule has 0 radical (unpaired) electrons. The first-order valence-electron chi connectivity index (χ1n) is 15.1. The monoisotopic (exact) mass is 592 g/mol. The van der Waals surface area contributed by atoms with Crippen molar-refractivity contribution in [3.8, 4) is 0 Å². The third-order valence-electron chi connectivity index (χ3n) is 7.56. The Morgan fingerprint density at radius 2 is 1.74 bits per heavy atom. The van der Waals surface area contributed by atoms with Crippen LogP contribution in [0.25, 0.3) is 0 Å². The van der Waals surface area contributed by atoms with E-state index in [1.807, 2.05) is 25.8 Å². The first-order valence-corrected chi connectivity index (χ1v) is 15.1. The van der Waals surface area contributed by atoms with E-state index in [4.69, 9.17) is 5.41 Å². The number of aldehydes is 2. The molecule has 0 saturated carbocycles. The van der Waals surface area contributed by atoms with E-state index in [2.05, 4.69) is 41.9 Å². The molecule has 0 aromatic carbocycles. The van der Waals surface area contributed by atoms with Crippen LogP contribution >= 0.6 is 0 Å². The Morgan fingerprint density at radius 3 is 2.26 bits per heavy atom. The van der Waals surface area contributed by atoms with Gasteiger partial charge in [0.15, 0.2) is 5.82 Å². The lowest BCUT2D eigenvalue weighted by Crippen LogP contribution is -2.47. The highest BCUT2D eigenvalue weighted by Gasteiger charge is 2.30. The summed E-state index contributed by atoms with van der Waals surface area (Å²) in [4.78, 5) is 50.6. The molecule has 1 aromatic heterocycles. The molecule has 3 rings (SSSR count). The molecule has 2 aliphatic rings. The third kappa shape index (κ3) is 13.1. The summed E-state index contributed by atoms with van der Waals surface area (Å²) in [7, 11) is 3.45. The van der Waals surface area contributed by atoms with Gasteiger partial charge in [0.1, 0.15) is 12.6 Å². The Hall–Kier alpha value is -3.26. The Balaban J connectivity index is 0.000000399. The van der Waals surface area contributed by atoms with Crippen LogP contribution in [0.4, 0.5) is 0 Å². The molecule has 42 heavy (non-hydrogen) atoms. The van der Waals surface area contributed by atoms with Crippen molar-refractivity contribution in [3.63, 3.8) is 0 Å². The van der Waals surface area contributed by atoms with Crippen molar-refractivity contribution < 1.29 is 19.2 Å². The molecule has 2 aliphatic heterocycles. The molecule has 238 valence electrons. The van der Waals surface area contributed by atoms with Gasteiger partial charge >= 0.3 is 0 Å². The van der Waals surface area contributed by atoms with Crippen LogP contribution in [0, 0.1) is 17.2 Å². The van der Waals surface area contributed by atoms with E-state index in [0.717, 1.165) is 77.3 Å². The molecule has 14 nitrogen and oxygen atoms in total.